The number of anilines is 2. The van der Waals surface area contributed by atoms with Gasteiger partial charge in [0.15, 0.2) is 0 Å². The highest BCUT2D eigenvalue weighted by molar-refractivity contribution is 7.19. The van der Waals surface area contributed by atoms with Gasteiger partial charge in [-0.1, -0.05) is 55.0 Å². The Balaban J connectivity index is 2.01. The van der Waals surface area contributed by atoms with Crippen molar-refractivity contribution in [3.8, 4) is 11.1 Å². The van der Waals surface area contributed by atoms with Crippen LogP contribution in [0.2, 0.25) is 5.28 Å². The van der Waals surface area contributed by atoms with Gasteiger partial charge in [0.05, 0.1) is 5.39 Å². The van der Waals surface area contributed by atoms with E-state index >= 15 is 0 Å². The molecule has 3 nitrogen and oxygen atoms in total. The molecular formula is C22H20ClN3S. The van der Waals surface area contributed by atoms with E-state index in [-0.39, 0.29) is 5.28 Å². The molecule has 2 aromatic carbocycles. The Morgan fingerprint density at radius 3 is 2.37 bits per heavy atom. The molecule has 0 amide bonds. The van der Waals surface area contributed by atoms with Gasteiger partial charge >= 0.3 is 0 Å². The molecule has 0 atom stereocenters. The summed E-state index contributed by atoms with van der Waals surface area (Å²) in [7, 11) is 2.02. The molecule has 0 saturated carbocycles. The second-order valence-electron chi connectivity index (χ2n) is 6.51. The van der Waals surface area contributed by atoms with E-state index in [1.165, 1.54) is 21.6 Å². The highest BCUT2D eigenvalue weighted by Gasteiger charge is 2.21. The molecule has 0 fully saturated rings. The summed E-state index contributed by atoms with van der Waals surface area (Å²) < 4.78 is 0. The number of para-hydroxylation sites is 1. The van der Waals surface area contributed by atoms with E-state index < -0.39 is 0 Å². The number of benzene rings is 2. The molecule has 136 valence electrons. The number of aromatic nitrogens is 2. The van der Waals surface area contributed by atoms with Gasteiger partial charge in [-0.15, -0.1) is 11.3 Å². The molecule has 4 rings (SSSR count). The first-order valence-corrected chi connectivity index (χ1v) is 10.1. The largest absolute Gasteiger partial charge is 0.329 e. The van der Waals surface area contributed by atoms with Crippen LogP contribution in [-0.2, 0) is 6.42 Å². The normalized spacial score (nSPS) is 11.1. The fourth-order valence-corrected chi connectivity index (χ4v) is 4.64. The lowest BCUT2D eigenvalue weighted by Gasteiger charge is -2.20. The van der Waals surface area contributed by atoms with Crippen molar-refractivity contribution in [1.82, 2.24) is 9.97 Å². The highest BCUT2D eigenvalue weighted by atomic mass is 35.5. The maximum Gasteiger partial charge on any atom is 0.225 e. The number of hydrogen-bond acceptors (Lipinski definition) is 4. The first kappa shape index (κ1) is 18.0. The van der Waals surface area contributed by atoms with Gasteiger partial charge in [-0.25, -0.2) is 4.98 Å². The van der Waals surface area contributed by atoms with Gasteiger partial charge in [-0.2, -0.15) is 4.98 Å². The van der Waals surface area contributed by atoms with Crippen molar-refractivity contribution in [3.63, 3.8) is 0 Å². The number of aryl methyl sites for hydroxylation is 2. The lowest BCUT2D eigenvalue weighted by Crippen LogP contribution is -2.12. The van der Waals surface area contributed by atoms with Gasteiger partial charge in [0.1, 0.15) is 10.6 Å². The zero-order valence-corrected chi connectivity index (χ0v) is 17.1. The summed E-state index contributed by atoms with van der Waals surface area (Å²) in [6.07, 6.45) is 0.941. The molecular weight excluding hydrogens is 374 g/mol. The number of thiophene rings is 1. The number of fused-ring (bicyclic) bond motifs is 1. The highest BCUT2D eigenvalue weighted by Crippen LogP contribution is 2.43. The maximum absolute atomic E-state index is 6.28. The first-order chi connectivity index (χ1) is 13.1. The lowest BCUT2D eigenvalue weighted by atomic mass is 10.0. The smallest absolute Gasteiger partial charge is 0.225 e. The number of halogens is 1. The summed E-state index contributed by atoms with van der Waals surface area (Å²) in [5.74, 6) is 0.836. The molecule has 0 bridgehead atoms. The molecule has 0 radical (unpaired) electrons. The topological polar surface area (TPSA) is 29.0 Å². The van der Waals surface area contributed by atoms with E-state index in [1.54, 1.807) is 11.3 Å². The molecule has 0 unspecified atom stereocenters. The predicted octanol–water partition coefficient (Wildman–Crippen LogP) is 6.65. The minimum Gasteiger partial charge on any atom is -0.329 e. The van der Waals surface area contributed by atoms with Crippen molar-refractivity contribution in [2.45, 2.75) is 20.3 Å². The number of rotatable bonds is 4. The van der Waals surface area contributed by atoms with Gasteiger partial charge in [-0.3, -0.25) is 0 Å². The second kappa shape index (κ2) is 7.29. The van der Waals surface area contributed by atoms with Crippen molar-refractivity contribution >= 4 is 44.7 Å². The summed E-state index contributed by atoms with van der Waals surface area (Å²) in [4.78, 5) is 13.5. The van der Waals surface area contributed by atoms with Crippen LogP contribution in [0.25, 0.3) is 21.3 Å². The van der Waals surface area contributed by atoms with Crippen LogP contribution in [0.1, 0.15) is 17.4 Å². The van der Waals surface area contributed by atoms with E-state index in [2.05, 4.69) is 65.1 Å². The molecule has 27 heavy (non-hydrogen) atoms. The molecule has 0 aliphatic heterocycles. The Labute approximate surface area is 168 Å². The molecule has 4 aromatic rings. The summed E-state index contributed by atoms with van der Waals surface area (Å²) in [6.45, 7) is 4.28. The number of nitrogens with zero attached hydrogens (tertiary/aromatic N) is 3. The van der Waals surface area contributed by atoms with Gasteiger partial charge in [0.25, 0.3) is 0 Å². The van der Waals surface area contributed by atoms with Crippen LogP contribution in [0.15, 0.2) is 54.6 Å². The average molecular weight is 394 g/mol. The molecule has 2 heterocycles. The summed E-state index contributed by atoms with van der Waals surface area (Å²) >= 11 is 7.99. The third kappa shape index (κ3) is 3.31. The Hall–Kier alpha value is -2.43. The van der Waals surface area contributed by atoms with Crippen LogP contribution < -0.4 is 4.90 Å². The standard InChI is InChI=1S/C22H20ClN3S/c1-4-17-18(15-12-10-14(2)11-13-15)19-20(24-22(23)25-21(19)27-17)26(3)16-8-6-5-7-9-16/h5-13H,4H2,1-3H3. The van der Waals surface area contributed by atoms with E-state index in [0.717, 1.165) is 28.1 Å². The molecule has 0 aliphatic rings. The van der Waals surface area contributed by atoms with Gasteiger partial charge in [0, 0.05) is 23.2 Å². The predicted molar refractivity (Wildman–Crippen MR) is 116 cm³/mol. The van der Waals surface area contributed by atoms with Crippen LogP contribution in [0.5, 0.6) is 0 Å². The monoisotopic (exact) mass is 393 g/mol. The van der Waals surface area contributed by atoms with E-state index in [1.807, 2.05) is 25.2 Å². The van der Waals surface area contributed by atoms with Crippen LogP contribution in [-0.4, -0.2) is 17.0 Å². The molecule has 0 saturated heterocycles. The third-order valence-electron chi connectivity index (χ3n) is 4.70. The van der Waals surface area contributed by atoms with E-state index in [9.17, 15) is 0 Å². The maximum atomic E-state index is 6.28. The Bertz CT molecular complexity index is 1090. The molecule has 2 aromatic heterocycles. The number of hydrogen-bond donors (Lipinski definition) is 0. The SMILES string of the molecule is CCc1sc2nc(Cl)nc(N(C)c3ccccc3)c2c1-c1ccc(C)cc1. The third-order valence-corrected chi connectivity index (χ3v) is 6.10. The molecule has 5 heteroatoms. The summed E-state index contributed by atoms with van der Waals surface area (Å²) in [6, 6.07) is 18.9. The summed E-state index contributed by atoms with van der Waals surface area (Å²) in [5.41, 5.74) is 4.72. The molecule has 0 spiro atoms. The van der Waals surface area contributed by atoms with Crippen molar-refractivity contribution < 1.29 is 0 Å². The first-order valence-electron chi connectivity index (χ1n) is 8.93. The average Bonchev–Trinajstić information content (AvgIpc) is 3.06. The van der Waals surface area contributed by atoms with Crippen molar-refractivity contribution in [3.05, 3.63) is 70.3 Å². The Morgan fingerprint density at radius 1 is 1.00 bits per heavy atom. The zero-order chi connectivity index (χ0) is 19.0. The van der Waals surface area contributed by atoms with E-state index in [0.29, 0.717) is 0 Å². The van der Waals surface area contributed by atoms with Gasteiger partial charge < -0.3 is 4.90 Å². The zero-order valence-electron chi connectivity index (χ0n) is 15.5. The van der Waals surface area contributed by atoms with Gasteiger partial charge in [0.2, 0.25) is 5.28 Å². The van der Waals surface area contributed by atoms with Crippen molar-refractivity contribution in [1.29, 1.82) is 0 Å². The quantitative estimate of drug-likeness (QED) is 0.363. The minimum atomic E-state index is 0.277. The van der Waals surface area contributed by atoms with Crippen LogP contribution in [0.3, 0.4) is 0 Å². The van der Waals surface area contributed by atoms with Crippen LogP contribution in [0.4, 0.5) is 11.5 Å². The van der Waals surface area contributed by atoms with E-state index in [4.69, 9.17) is 11.6 Å². The Kier molecular flexibility index (Phi) is 4.85. The van der Waals surface area contributed by atoms with Crippen molar-refractivity contribution in [2.75, 3.05) is 11.9 Å². The minimum absolute atomic E-state index is 0.277. The second-order valence-corrected chi connectivity index (χ2v) is 7.93. The molecule has 0 N–H and O–H groups in total. The van der Waals surface area contributed by atoms with Crippen molar-refractivity contribution in [2.24, 2.45) is 0 Å². The van der Waals surface area contributed by atoms with Gasteiger partial charge in [-0.05, 0) is 42.6 Å². The lowest BCUT2D eigenvalue weighted by molar-refractivity contribution is 1.11. The summed E-state index contributed by atoms with van der Waals surface area (Å²) in [5, 5.41) is 1.34. The van der Waals surface area contributed by atoms with Crippen LogP contribution >= 0.6 is 22.9 Å². The fraction of sp³-hybridized carbons (Fsp3) is 0.182. The van der Waals surface area contributed by atoms with Crippen LogP contribution in [0, 0.1) is 6.92 Å². The Morgan fingerprint density at radius 2 is 1.70 bits per heavy atom. The fourth-order valence-electron chi connectivity index (χ4n) is 3.29. The molecule has 0 aliphatic carbocycles.